The fourth-order valence-electron chi connectivity index (χ4n) is 1.15. The molecule has 4 nitrogen and oxygen atoms in total. The molecule has 0 saturated carbocycles. The van der Waals surface area contributed by atoms with Crippen molar-refractivity contribution in [1.82, 2.24) is 10.1 Å². The van der Waals surface area contributed by atoms with Crippen LogP contribution in [0.15, 0.2) is 35.1 Å². The number of pyridine rings is 1. The van der Waals surface area contributed by atoms with Gasteiger partial charge in [0.1, 0.15) is 11.5 Å². The van der Waals surface area contributed by atoms with Crippen LogP contribution in [0.5, 0.6) is 0 Å². The Morgan fingerprint density at radius 1 is 1.43 bits per heavy atom. The average molecular weight is 188 g/mol. The third-order valence-corrected chi connectivity index (χ3v) is 1.89. The maximum atomic E-state index is 11.8. The van der Waals surface area contributed by atoms with Crippen molar-refractivity contribution in [3.63, 3.8) is 0 Å². The van der Waals surface area contributed by atoms with E-state index in [1.807, 2.05) is 0 Å². The topological polar surface area (TPSA) is 56.0 Å². The summed E-state index contributed by atoms with van der Waals surface area (Å²) in [6.07, 6.45) is 2.99. The predicted molar refractivity (Wildman–Crippen MR) is 48.9 cm³/mol. The normalized spacial score (nSPS) is 10.1. The van der Waals surface area contributed by atoms with Gasteiger partial charge in [-0.15, -0.1) is 0 Å². The van der Waals surface area contributed by atoms with E-state index < -0.39 is 0 Å². The molecule has 2 aromatic rings. The summed E-state index contributed by atoms with van der Waals surface area (Å²) < 4.78 is 4.81. The maximum absolute atomic E-state index is 11.8. The van der Waals surface area contributed by atoms with E-state index in [-0.39, 0.29) is 5.78 Å². The van der Waals surface area contributed by atoms with E-state index in [1.165, 1.54) is 6.20 Å². The van der Waals surface area contributed by atoms with Gasteiger partial charge in [-0.05, 0) is 19.1 Å². The zero-order valence-electron chi connectivity index (χ0n) is 7.60. The van der Waals surface area contributed by atoms with Gasteiger partial charge in [-0.25, -0.2) is 0 Å². The van der Waals surface area contributed by atoms with Crippen molar-refractivity contribution >= 4 is 5.78 Å². The first-order chi connectivity index (χ1) is 6.79. The minimum Gasteiger partial charge on any atom is -0.361 e. The fraction of sp³-hybridized carbons (Fsp3) is 0.100. The van der Waals surface area contributed by atoms with E-state index in [4.69, 9.17) is 4.52 Å². The van der Waals surface area contributed by atoms with Crippen LogP contribution in [-0.4, -0.2) is 15.9 Å². The molecule has 0 atom stereocenters. The van der Waals surface area contributed by atoms with Crippen molar-refractivity contribution in [3.8, 4) is 0 Å². The summed E-state index contributed by atoms with van der Waals surface area (Å²) >= 11 is 0. The number of hydrogen-bond donors (Lipinski definition) is 0. The lowest BCUT2D eigenvalue weighted by molar-refractivity contribution is 0.103. The number of rotatable bonds is 2. The van der Waals surface area contributed by atoms with Crippen molar-refractivity contribution < 1.29 is 9.32 Å². The first kappa shape index (κ1) is 8.62. The van der Waals surface area contributed by atoms with E-state index >= 15 is 0 Å². The number of carbonyl (C=O) groups excluding carboxylic acids is 1. The largest absolute Gasteiger partial charge is 0.361 e. The van der Waals surface area contributed by atoms with Gasteiger partial charge in [0.15, 0.2) is 0 Å². The van der Waals surface area contributed by atoms with E-state index in [0.717, 1.165) is 0 Å². The van der Waals surface area contributed by atoms with Gasteiger partial charge >= 0.3 is 0 Å². The average Bonchev–Trinajstić information content (AvgIpc) is 2.65. The Kier molecular flexibility index (Phi) is 2.10. The minimum absolute atomic E-state index is 0.163. The quantitative estimate of drug-likeness (QED) is 0.672. The molecule has 2 aromatic heterocycles. The van der Waals surface area contributed by atoms with Crippen molar-refractivity contribution in [2.75, 3.05) is 0 Å². The highest BCUT2D eigenvalue weighted by Gasteiger charge is 2.15. The van der Waals surface area contributed by atoms with Crippen LogP contribution in [0.25, 0.3) is 0 Å². The Morgan fingerprint density at radius 2 is 2.29 bits per heavy atom. The Labute approximate surface area is 80.6 Å². The molecule has 0 aliphatic heterocycles. The number of aryl methyl sites for hydroxylation is 1. The molecule has 0 saturated heterocycles. The molecule has 0 aliphatic rings. The van der Waals surface area contributed by atoms with Gasteiger partial charge in [0.05, 0.1) is 11.8 Å². The van der Waals surface area contributed by atoms with E-state index in [9.17, 15) is 4.79 Å². The second-order valence-corrected chi connectivity index (χ2v) is 2.84. The minimum atomic E-state index is -0.163. The maximum Gasteiger partial charge on any atom is 0.216 e. The van der Waals surface area contributed by atoms with E-state index in [1.54, 1.807) is 31.3 Å². The second-order valence-electron chi connectivity index (χ2n) is 2.84. The lowest BCUT2D eigenvalue weighted by Crippen LogP contribution is -2.03. The molecule has 0 radical (unpaired) electrons. The van der Waals surface area contributed by atoms with Crippen LogP contribution in [-0.2, 0) is 0 Å². The van der Waals surface area contributed by atoms with Gasteiger partial charge in [0.2, 0.25) is 5.78 Å². The van der Waals surface area contributed by atoms with Crippen LogP contribution in [0, 0.1) is 6.92 Å². The highest BCUT2D eigenvalue weighted by molar-refractivity contribution is 6.08. The van der Waals surface area contributed by atoms with Crippen molar-refractivity contribution in [2.24, 2.45) is 0 Å². The molecule has 14 heavy (non-hydrogen) atoms. The van der Waals surface area contributed by atoms with Crippen LogP contribution in [0.3, 0.4) is 0 Å². The molecule has 0 spiro atoms. The molecule has 0 aromatic carbocycles. The number of nitrogens with zero attached hydrogens (tertiary/aromatic N) is 2. The first-order valence-corrected chi connectivity index (χ1v) is 4.16. The van der Waals surface area contributed by atoms with Crippen molar-refractivity contribution in [1.29, 1.82) is 0 Å². The van der Waals surface area contributed by atoms with Crippen LogP contribution < -0.4 is 0 Å². The highest BCUT2D eigenvalue weighted by Crippen LogP contribution is 2.10. The number of aromatic nitrogens is 2. The molecule has 0 aliphatic carbocycles. The van der Waals surface area contributed by atoms with Crippen molar-refractivity contribution in [2.45, 2.75) is 6.92 Å². The standard InChI is InChI=1S/C10H8N2O2/c1-7-8(6-12-14-7)10(13)9-4-2-3-5-11-9/h2-6H,1H3. The summed E-state index contributed by atoms with van der Waals surface area (Å²) in [4.78, 5) is 15.7. The van der Waals surface area contributed by atoms with Gasteiger partial charge in [0.25, 0.3) is 0 Å². The Morgan fingerprint density at radius 3 is 2.86 bits per heavy atom. The molecule has 0 bridgehead atoms. The highest BCUT2D eigenvalue weighted by atomic mass is 16.5. The Balaban J connectivity index is 2.39. The summed E-state index contributed by atoms with van der Waals surface area (Å²) in [6.45, 7) is 1.70. The SMILES string of the molecule is Cc1oncc1C(=O)c1ccccn1. The van der Waals surface area contributed by atoms with Crippen LogP contribution in [0.2, 0.25) is 0 Å². The zero-order chi connectivity index (χ0) is 9.97. The summed E-state index contributed by atoms with van der Waals surface area (Å²) in [5.41, 5.74) is 0.863. The first-order valence-electron chi connectivity index (χ1n) is 4.16. The lowest BCUT2D eigenvalue weighted by Gasteiger charge is -1.95. The molecule has 0 N–H and O–H groups in total. The molecule has 0 fully saturated rings. The molecule has 2 heterocycles. The molecule has 2 rings (SSSR count). The monoisotopic (exact) mass is 188 g/mol. The third kappa shape index (κ3) is 1.42. The number of ketones is 1. The predicted octanol–water partition coefficient (Wildman–Crippen LogP) is 1.61. The van der Waals surface area contributed by atoms with E-state index in [0.29, 0.717) is 17.0 Å². The smallest absolute Gasteiger partial charge is 0.216 e. The zero-order valence-corrected chi connectivity index (χ0v) is 7.60. The third-order valence-electron chi connectivity index (χ3n) is 1.89. The lowest BCUT2D eigenvalue weighted by atomic mass is 10.1. The van der Waals surface area contributed by atoms with Gasteiger partial charge in [-0.2, -0.15) is 0 Å². The number of carbonyl (C=O) groups is 1. The molecule has 0 unspecified atom stereocenters. The summed E-state index contributed by atoms with van der Waals surface area (Å²) in [5, 5.41) is 3.54. The van der Waals surface area contributed by atoms with Gasteiger partial charge in [-0.3, -0.25) is 9.78 Å². The molecule has 0 amide bonds. The van der Waals surface area contributed by atoms with Gasteiger partial charge < -0.3 is 4.52 Å². The fourth-order valence-corrected chi connectivity index (χ4v) is 1.15. The molecule has 4 heteroatoms. The summed E-state index contributed by atoms with van der Waals surface area (Å²) in [6, 6.07) is 5.19. The van der Waals surface area contributed by atoms with Crippen LogP contribution in [0.4, 0.5) is 0 Å². The van der Waals surface area contributed by atoms with E-state index in [2.05, 4.69) is 10.1 Å². The van der Waals surface area contributed by atoms with Gasteiger partial charge in [0, 0.05) is 6.20 Å². The molecule has 70 valence electrons. The second kappa shape index (κ2) is 3.41. The molecular weight excluding hydrogens is 180 g/mol. The van der Waals surface area contributed by atoms with Gasteiger partial charge in [-0.1, -0.05) is 11.2 Å². The van der Waals surface area contributed by atoms with Crippen molar-refractivity contribution in [3.05, 3.63) is 47.6 Å². The summed E-state index contributed by atoms with van der Waals surface area (Å²) in [7, 11) is 0. The number of hydrogen-bond acceptors (Lipinski definition) is 4. The Bertz CT molecular complexity index is 448. The van der Waals surface area contributed by atoms with Crippen LogP contribution >= 0.6 is 0 Å². The van der Waals surface area contributed by atoms with Crippen LogP contribution in [0.1, 0.15) is 21.8 Å². The summed E-state index contributed by atoms with van der Waals surface area (Å²) in [5.74, 6) is 0.352. The Hall–Kier alpha value is -1.97. The molecular formula is C10H8N2O2.